The number of aliphatic carboxylic acids is 1. The Morgan fingerprint density at radius 3 is 3.10 bits per heavy atom. The molecule has 4 heteroatoms. The van der Waals surface area contributed by atoms with Crippen LogP contribution in [0.5, 0.6) is 0 Å². The second kappa shape index (κ2) is 2.82. The molecule has 0 aromatic carbocycles. The van der Waals surface area contributed by atoms with E-state index in [2.05, 4.69) is 9.99 Å². The number of rotatable bonds is 1. The van der Waals surface area contributed by atoms with Gasteiger partial charge in [-0.3, -0.25) is 0 Å². The van der Waals surface area contributed by atoms with E-state index in [1.54, 1.807) is 0 Å². The molecular weight excluding hydrogens is 134 g/mol. The normalized spacial score (nSPS) is 15.4. The van der Waals surface area contributed by atoms with E-state index in [9.17, 15) is 9.90 Å². The Morgan fingerprint density at radius 1 is 1.60 bits per heavy atom. The second-order valence-electron chi connectivity index (χ2n) is 1.56. The molecule has 0 saturated carbocycles. The van der Waals surface area contributed by atoms with Crippen molar-refractivity contribution in [1.29, 1.82) is 0 Å². The number of allylic oxidation sites excluding steroid dienone is 2. The minimum Gasteiger partial charge on any atom is -0.543 e. The van der Waals surface area contributed by atoms with Gasteiger partial charge in [0.1, 0.15) is 12.0 Å². The molecule has 0 radical (unpaired) electrons. The van der Waals surface area contributed by atoms with Gasteiger partial charge in [0.2, 0.25) is 0 Å². The number of carbonyl (C=O) groups is 1. The number of carbonyl (C=O) groups excluding carboxylic acids is 1. The van der Waals surface area contributed by atoms with Crippen molar-refractivity contribution < 1.29 is 14.7 Å². The Morgan fingerprint density at radius 2 is 2.40 bits per heavy atom. The van der Waals surface area contributed by atoms with Crippen LogP contribution in [0.2, 0.25) is 0 Å². The highest BCUT2D eigenvalue weighted by Gasteiger charge is 1.95. The maximum absolute atomic E-state index is 10.1. The predicted octanol–water partition coefficient (Wildman–Crippen LogP) is -0.808. The van der Waals surface area contributed by atoms with Crippen LogP contribution in [0.15, 0.2) is 29.6 Å². The summed E-state index contributed by atoms with van der Waals surface area (Å²) in [6.45, 7) is 0. The van der Waals surface area contributed by atoms with Crippen LogP contribution in [-0.2, 0) is 9.63 Å². The molecule has 4 nitrogen and oxygen atoms in total. The van der Waals surface area contributed by atoms with Crippen molar-refractivity contribution in [2.24, 2.45) is 5.16 Å². The van der Waals surface area contributed by atoms with Crippen molar-refractivity contribution in [2.45, 2.75) is 0 Å². The summed E-state index contributed by atoms with van der Waals surface area (Å²) in [5, 5.41) is 13.3. The zero-order valence-corrected chi connectivity index (χ0v) is 4.98. The van der Waals surface area contributed by atoms with Gasteiger partial charge in [0.15, 0.2) is 0 Å². The van der Waals surface area contributed by atoms with Gasteiger partial charge < -0.3 is 14.7 Å². The molecule has 1 aliphatic heterocycles. The molecular formula is C6H4NO3-. The average molecular weight is 138 g/mol. The molecule has 0 spiro atoms. The molecule has 0 fully saturated rings. The summed E-state index contributed by atoms with van der Waals surface area (Å²) < 4.78 is 0. The Hall–Kier alpha value is -1.58. The molecule has 0 atom stereocenters. The van der Waals surface area contributed by atoms with Gasteiger partial charge >= 0.3 is 0 Å². The molecule has 0 N–H and O–H groups in total. The largest absolute Gasteiger partial charge is 0.543 e. The van der Waals surface area contributed by atoms with Crippen LogP contribution in [0.1, 0.15) is 0 Å². The molecule has 52 valence electrons. The standard InChI is InChI=1S/C6H5NO3/c8-6(9)5-3-1-2-4-10-7-5/h1-4H,(H,8,9)/p-1. The van der Waals surface area contributed by atoms with Crippen LogP contribution in [0.3, 0.4) is 0 Å². The summed E-state index contributed by atoms with van der Waals surface area (Å²) in [5.74, 6) is -1.35. The van der Waals surface area contributed by atoms with Gasteiger partial charge in [0.25, 0.3) is 0 Å². The first-order chi connectivity index (χ1) is 4.80. The summed E-state index contributed by atoms with van der Waals surface area (Å²) in [6, 6.07) is 0. The van der Waals surface area contributed by atoms with E-state index in [1.807, 2.05) is 0 Å². The fourth-order valence-corrected chi connectivity index (χ4v) is 0.450. The lowest BCUT2D eigenvalue weighted by Crippen LogP contribution is -2.30. The summed E-state index contributed by atoms with van der Waals surface area (Å²) >= 11 is 0. The predicted molar refractivity (Wildman–Crippen MR) is 31.8 cm³/mol. The van der Waals surface area contributed by atoms with E-state index >= 15 is 0 Å². The molecule has 0 unspecified atom stereocenters. The average Bonchev–Trinajstić information content (AvgIpc) is 2.12. The molecule has 1 heterocycles. The van der Waals surface area contributed by atoms with E-state index < -0.39 is 5.97 Å². The summed E-state index contributed by atoms with van der Waals surface area (Å²) in [7, 11) is 0. The van der Waals surface area contributed by atoms with Gasteiger partial charge in [-0.1, -0.05) is 11.2 Å². The molecule has 0 saturated heterocycles. The Bertz CT molecular complexity index is 227. The smallest absolute Gasteiger partial charge is 0.126 e. The van der Waals surface area contributed by atoms with Gasteiger partial charge in [0, 0.05) is 0 Å². The molecule has 0 aromatic rings. The minimum absolute atomic E-state index is 0.218. The number of carboxylic acid groups (broad SMARTS) is 1. The molecule has 1 aliphatic rings. The monoisotopic (exact) mass is 138 g/mol. The van der Waals surface area contributed by atoms with Crippen LogP contribution in [0, 0.1) is 0 Å². The molecule has 10 heavy (non-hydrogen) atoms. The number of nitrogens with zero attached hydrogens (tertiary/aromatic N) is 1. The van der Waals surface area contributed by atoms with Crippen molar-refractivity contribution in [2.75, 3.05) is 0 Å². The molecule has 0 amide bonds. The van der Waals surface area contributed by atoms with Crippen LogP contribution < -0.4 is 5.11 Å². The van der Waals surface area contributed by atoms with Gasteiger partial charge in [-0.2, -0.15) is 0 Å². The highest BCUT2D eigenvalue weighted by Crippen LogP contribution is 1.91. The minimum atomic E-state index is -1.35. The van der Waals surface area contributed by atoms with Crippen molar-refractivity contribution in [3.63, 3.8) is 0 Å². The summed E-state index contributed by atoms with van der Waals surface area (Å²) in [5.41, 5.74) is -0.218. The maximum Gasteiger partial charge on any atom is 0.126 e. The van der Waals surface area contributed by atoms with Crippen molar-refractivity contribution in [3.05, 3.63) is 24.5 Å². The van der Waals surface area contributed by atoms with E-state index in [-0.39, 0.29) is 5.71 Å². The van der Waals surface area contributed by atoms with Crippen molar-refractivity contribution in [1.82, 2.24) is 0 Å². The van der Waals surface area contributed by atoms with E-state index in [4.69, 9.17) is 0 Å². The SMILES string of the molecule is O=C([O-])C1=NOC=CC=C1. The lowest BCUT2D eigenvalue weighted by molar-refractivity contribution is -0.294. The van der Waals surface area contributed by atoms with E-state index in [0.717, 1.165) is 0 Å². The van der Waals surface area contributed by atoms with Crippen LogP contribution in [0.4, 0.5) is 0 Å². The first-order valence-electron chi connectivity index (χ1n) is 2.59. The summed E-state index contributed by atoms with van der Waals surface area (Å²) in [6.07, 6.45) is 5.59. The van der Waals surface area contributed by atoms with Crippen molar-refractivity contribution in [3.8, 4) is 0 Å². The highest BCUT2D eigenvalue weighted by molar-refractivity contribution is 6.39. The van der Waals surface area contributed by atoms with Crippen LogP contribution in [0.25, 0.3) is 0 Å². The fourth-order valence-electron chi connectivity index (χ4n) is 0.450. The highest BCUT2D eigenvalue weighted by atomic mass is 16.6. The van der Waals surface area contributed by atoms with Crippen molar-refractivity contribution >= 4 is 11.7 Å². The van der Waals surface area contributed by atoms with Crippen LogP contribution in [-0.4, -0.2) is 11.7 Å². The third-order valence-electron chi connectivity index (χ3n) is 0.865. The molecule has 1 rings (SSSR count). The number of hydrogen-bond donors (Lipinski definition) is 0. The van der Waals surface area contributed by atoms with Gasteiger partial charge in [-0.05, 0) is 12.2 Å². The molecule has 0 bridgehead atoms. The quantitative estimate of drug-likeness (QED) is 0.476. The van der Waals surface area contributed by atoms with Gasteiger partial charge in [-0.15, -0.1) is 0 Å². The lowest BCUT2D eigenvalue weighted by Gasteiger charge is -1.97. The topological polar surface area (TPSA) is 61.7 Å². The van der Waals surface area contributed by atoms with E-state index in [0.29, 0.717) is 0 Å². The first-order valence-corrected chi connectivity index (χ1v) is 2.59. The Kier molecular flexibility index (Phi) is 1.84. The molecule has 0 aliphatic carbocycles. The zero-order chi connectivity index (χ0) is 7.40. The maximum atomic E-state index is 10.1. The fraction of sp³-hybridized carbons (Fsp3) is 0. The number of carboxylic acids is 1. The number of oxime groups is 1. The first kappa shape index (κ1) is 6.54. The van der Waals surface area contributed by atoms with Gasteiger partial charge in [0.05, 0.1) is 5.97 Å². The summed E-state index contributed by atoms with van der Waals surface area (Å²) in [4.78, 5) is 14.5. The Labute approximate surface area is 57.1 Å². The number of hydrogen-bond acceptors (Lipinski definition) is 4. The second-order valence-corrected chi connectivity index (χ2v) is 1.56. The van der Waals surface area contributed by atoms with Crippen LogP contribution >= 0.6 is 0 Å². The third-order valence-corrected chi connectivity index (χ3v) is 0.865. The third kappa shape index (κ3) is 1.45. The molecule has 0 aromatic heterocycles. The van der Waals surface area contributed by atoms with E-state index in [1.165, 1.54) is 24.5 Å². The Balaban J connectivity index is 2.78. The lowest BCUT2D eigenvalue weighted by atomic mass is 10.3. The van der Waals surface area contributed by atoms with Gasteiger partial charge in [-0.25, -0.2) is 0 Å². The zero-order valence-electron chi connectivity index (χ0n) is 4.98.